The molecule has 0 amide bonds. The lowest BCUT2D eigenvalue weighted by Gasteiger charge is -2.33. The van der Waals surface area contributed by atoms with Crippen LogP contribution in [0.2, 0.25) is 0 Å². The van der Waals surface area contributed by atoms with E-state index in [4.69, 9.17) is 0 Å². The van der Waals surface area contributed by atoms with Crippen LogP contribution in [0.15, 0.2) is 0 Å². The fourth-order valence-corrected chi connectivity index (χ4v) is 12.9. The van der Waals surface area contributed by atoms with Gasteiger partial charge in [0.1, 0.15) is 6.84 Å². The number of halogens is 10. The van der Waals surface area contributed by atoms with Gasteiger partial charge in [-0.25, -0.2) is 0 Å². The highest BCUT2D eigenvalue weighted by molar-refractivity contribution is 7.87. The van der Waals surface area contributed by atoms with Gasteiger partial charge in [-0.2, -0.15) is 47.9 Å². The Morgan fingerprint density at radius 3 is 1.19 bits per heavy atom. The monoisotopic (exact) mass is 540 g/mol. The molecule has 0 aromatic heterocycles. The molecule has 0 aromatic carbocycles. The molecular weight excluding hydrogens is 522 g/mol. The largest absolute Gasteiger partial charge is 0.460 e. The van der Waals surface area contributed by atoms with Gasteiger partial charge in [-0.3, -0.25) is 0 Å². The second kappa shape index (κ2) is 6.81. The minimum atomic E-state index is -7.30. The third-order valence-electron chi connectivity index (χ3n) is 2.61. The normalized spacial score (nSPS) is 16.3. The summed E-state index contributed by atoms with van der Waals surface area (Å²) in [6.07, 6.45) is -7.11. The van der Waals surface area contributed by atoms with Crippen molar-refractivity contribution in [3.05, 3.63) is 0 Å². The van der Waals surface area contributed by atoms with E-state index in [2.05, 4.69) is 2.51 Å². The maximum Gasteiger partial charge on any atom is 0.460 e. The lowest BCUT2D eigenvalue weighted by molar-refractivity contribution is -1.14. The second-order valence-electron chi connectivity index (χ2n) is 7.06. The van der Waals surface area contributed by atoms with Crippen molar-refractivity contribution in [3.8, 4) is 0 Å². The van der Waals surface area contributed by atoms with Crippen molar-refractivity contribution in [1.82, 2.24) is 0 Å². The van der Waals surface area contributed by atoms with E-state index in [1.807, 2.05) is 0 Å². The SMILES string of the molecule is CC(C)(C)[I+](OS(=O)(=O)C(F)(F)C(F)(F)C(F)(F)C(F)(F)F)C(C)(C)C. The van der Waals surface area contributed by atoms with Gasteiger partial charge in [0.2, 0.25) is 0 Å². The van der Waals surface area contributed by atoms with Crippen LogP contribution in [0.5, 0.6) is 0 Å². The molecule has 0 saturated heterocycles. The summed E-state index contributed by atoms with van der Waals surface area (Å²) in [4.78, 5) is 0. The summed E-state index contributed by atoms with van der Waals surface area (Å²) in [5.74, 6) is -14.6. The highest BCUT2D eigenvalue weighted by Crippen LogP contribution is 2.54. The van der Waals surface area contributed by atoms with Gasteiger partial charge >= 0.3 is 33.4 Å². The molecular formula is C12H18F9IO3S+. The minimum Gasteiger partial charge on any atom is -0.191 e. The predicted molar refractivity (Wildman–Crippen MR) is 70.4 cm³/mol. The highest BCUT2D eigenvalue weighted by Gasteiger charge is 2.86. The molecule has 0 fully saturated rings. The molecule has 0 aliphatic carbocycles. The molecule has 0 saturated carbocycles. The maximum atomic E-state index is 13.7. The zero-order valence-electron chi connectivity index (χ0n) is 14.4. The van der Waals surface area contributed by atoms with Gasteiger partial charge in [-0.15, -0.1) is 0 Å². The van der Waals surface area contributed by atoms with Crippen LogP contribution in [0, 0.1) is 0 Å². The van der Waals surface area contributed by atoms with Crippen LogP contribution < -0.4 is 20.2 Å². The average Bonchev–Trinajstić information content (AvgIpc) is 2.31. The first kappa shape index (κ1) is 26.0. The summed E-state index contributed by atoms with van der Waals surface area (Å²) in [5.41, 5.74) is 0. The Labute approximate surface area is 152 Å². The summed E-state index contributed by atoms with van der Waals surface area (Å²) in [5, 5.41) is -6.81. The Hall–Kier alpha value is 0.01000. The van der Waals surface area contributed by atoms with E-state index in [1.54, 1.807) is 0 Å². The molecule has 14 heteroatoms. The number of hydrogen-bond donors (Lipinski definition) is 0. The topological polar surface area (TPSA) is 43.4 Å². The van der Waals surface area contributed by atoms with Gasteiger partial charge in [0.25, 0.3) is 20.2 Å². The fourth-order valence-electron chi connectivity index (χ4n) is 1.68. The predicted octanol–water partition coefficient (Wildman–Crippen LogP) is 1.90. The Kier molecular flexibility index (Phi) is 6.81. The van der Waals surface area contributed by atoms with Gasteiger partial charge in [-0.1, -0.05) is 2.51 Å². The van der Waals surface area contributed by atoms with Crippen molar-refractivity contribution in [1.29, 1.82) is 0 Å². The maximum absolute atomic E-state index is 13.7. The van der Waals surface area contributed by atoms with Crippen LogP contribution in [0.1, 0.15) is 41.5 Å². The average molecular weight is 540 g/mol. The molecule has 0 rings (SSSR count). The van der Waals surface area contributed by atoms with Crippen LogP contribution in [0.4, 0.5) is 39.5 Å². The van der Waals surface area contributed by atoms with Gasteiger partial charge in [0.15, 0.2) is 0 Å². The van der Waals surface area contributed by atoms with Crippen LogP contribution in [0.25, 0.3) is 0 Å². The first-order chi connectivity index (χ1) is 10.8. The van der Waals surface area contributed by atoms with Gasteiger partial charge in [-0.05, 0) is 41.5 Å². The van der Waals surface area contributed by atoms with Crippen LogP contribution in [0.3, 0.4) is 0 Å². The zero-order valence-corrected chi connectivity index (χ0v) is 17.4. The molecule has 0 bridgehead atoms. The molecule has 0 spiro atoms. The summed E-state index contributed by atoms with van der Waals surface area (Å²) >= 11 is -3.65. The first-order valence-corrected chi connectivity index (χ1v) is 11.1. The molecule has 159 valence electrons. The van der Waals surface area contributed by atoms with Crippen molar-refractivity contribution in [2.24, 2.45) is 0 Å². The molecule has 0 aliphatic heterocycles. The second-order valence-corrected chi connectivity index (χ2v) is 17.6. The van der Waals surface area contributed by atoms with E-state index in [0.29, 0.717) is 0 Å². The molecule has 0 N–H and O–H groups in total. The van der Waals surface area contributed by atoms with Crippen LogP contribution in [-0.4, -0.2) is 38.5 Å². The third-order valence-corrected chi connectivity index (χ3v) is 12.2. The molecule has 0 heterocycles. The molecule has 0 atom stereocenters. The summed E-state index contributed by atoms with van der Waals surface area (Å²) in [7, 11) is -6.82. The molecule has 26 heavy (non-hydrogen) atoms. The summed E-state index contributed by atoms with van der Waals surface area (Å²) in [6, 6.07) is 0. The molecule has 0 unspecified atom stereocenters. The van der Waals surface area contributed by atoms with Gasteiger partial charge in [0.05, 0.1) is 0 Å². The summed E-state index contributed by atoms with van der Waals surface area (Å²) in [6.45, 7) is 8.08. The minimum absolute atomic E-state index is 1.12. The van der Waals surface area contributed by atoms with E-state index in [9.17, 15) is 47.9 Å². The number of hydrogen-bond acceptors (Lipinski definition) is 3. The molecule has 0 aromatic rings. The Balaban J connectivity index is 6.28. The quantitative estimate of drug-likeness (QED) is 0.304. The van der Waals surface area contributed by atoms with Crippen molar-refractivity contribution in [2.75, 3.05) is 0 Å². The molecule has 1 radical (unpaired) electrons. The van der Waals surface area contributed by atoms with E-state index in [-0.39, 0.29) is 0 Å². The zero-order chi connectivity index (χ0) is 21.8. The van der Waals surface area contributed by atoms with Crippen LogP contribution >= 0.6 is 0 Å². The van der Waals surface area contributed by atoms with E-state index < -0.39 is 60.5 Å². The Morgan fingerprint density at radius 1 is 0.654 bits per heavy atom. The van der Waals surface area contributed by atoms with E-state index >= 15 is 0 Å². The fraction of sp³-hybridized carbons (Fsp3) is 1.00. The van der Waals surface area contributed by atoms with Crippen molar-refractivity contribution >= 4 is 10.1 Å². The third kappa shape index (κ3) is 4.52. The molecule has 0 aliphatic rings. The number of alkyl halides is 11. The van der Waals surface area contributed by atoms with Gasteiger partial charge in [0, 0.05) is 0 Å². The van der Waals surface area contributed by atoms with Crippen molar-refractivity contribution in [2.45, 2.75) is 71.7 Å². The van der Waals surface area contributed by atoms with Crippen LogP contribution in [-0.2, 0) is 12.6 Å². The standard InChI is InChI=1S/C12H18F9IO3S/c1-7(2,3)22(8(4,5)6)25-26(23,24)12(20,21)10(15,16)9(13,14)11(17,18)19/h1-6H3/q+1. The van der Waals surface area contributed by atoms with E-state index in [0.717, 1.165) is 0 Å². The lowest BCUT2D eigenvalue weighted by Crippen LogP contribution is -3.94. The lowest BCUT2D eigenvalue weighted by atomic mass is 10.1. The summed E-state index contributed by atoms with van der Waals surface area (Å²) < 4.78 is 142. The van der Waals surface area contributed by atoms with Gasteiger partial charge < -0.3 is 0 Å². The highest BCUT2D eigenvalue weighted by atomic mass is 127. The van der Waals surface area contributed by atoms with E-state index in [1.165, 1.54) is 41.5 Å². The smallest absolute Gasteiger partial charge is 0.191 e. The van der Waals surface area contributed by atoms with Crippen molar-refractivity contribution < 1.29 is 70.7 Å². The molecule has 3 nitrogen and oxygen atoms in total. The Bertz CT molecular complexity index is 601. The Morgan fingerprint density at radius 2 is 0.962 bits per heavy atom. The van der Waals surface area contributed by atoms with Crippen molar-refractivity contribution in [3.63, 3.8) is 0 Å². The first-order valence-electron chi connectivity index (χ1n) is 6.69. The number of rotatable bonds is 5.